The van der Waals surface area contributed by atoms with Gasteiger partial charge in [0.05, 0.1) is 13.1 Å². The van der Waals surface area contributed by atoms with Crippen molar-refractivity contribution in [3.8, 4) is 23.5 Å². The quantitative estimate of drug-likeness (QED) is 0.514. The van der Waals surface area contributed by atoms with E-state index in [1.807, 2.05) is 0 Å². The Labute approximate surface area is 138 Å². The van der Waals surface area contributed by atoms with Gasteiger partial charge in [-0.1, -0.05) is 0 Å². The van der Waals surface area contributed by atoms with E-state index < -0.39 is 0 Å². The number of Topliss-reactive ketones (excluding diaryl/α,β-unsaturated/α-hetero) is 2. The van der Waals surface area contributed by atoms with Gasteiger partial charge in [0, 0.05) is 37.1 Å². The molecule has 0 aliphatic carbocycles. The van der Waals surface area contributed by atoms with E-state index >= 15 is 0 Å². The minimum Gasteiger partial charge on any atom is -0.494 e. The standard InChI is InChI=1S/C16H20N2O6/c19-11(9-17-13(21)5-6-14(17)22)3-1-2-4-12(20)10-18-15(23)7-8-16(18)24/h5-8,21-24H,1-4,9-10H2. The molecule has 0 spiro atoms. The largest absolute Gasteiger partial charge is 0.494 e. The van der Waals surface area contributed by atoms with Crippen molar-refractivity contribution in [1.82, 2.24) is 9.13 Å². The molecular weight excluding hydrogens is 316 g/mol. The van der Waals surface area contributed by atoms with Gasteiger partial charge in [0.25, 0.3) is 0 Å². The molecule has 2 heterocycles. The first-order valence-electron chi connectivity index (χ1n) is 7.57. The summed E-state index contributed by atoms with van der Waals surface area (Å²) in [6, 6.07) is 5.20. The molecule has 0 fully saturated rings. The highest BCUT2D eigenvalue weighted by atomic mass is 16.3. The second-order valence-electron chi connectivity index (χ2n) is 5.56. The highest BCUT2D eigenvalue weighted by Crippen LogP contribution is 2.22. The second-order valence-corrected chi connectivity index (χ2v) is 5.56. The van der Waals surface area contributed by atoms with E-state index in [2.05, 4.69) is 0 Å². The molecule has 0 aliphatic rings. The minimum absolute atomic E-state index is 0.121. The zero-order valence-corrected chi connectivity index (χ0v) is 13.1. The molecule has 4 N–H and O–H groups in total. The van der Waals surface area contributed by atoms with Gasteiger partial charge in [-0.15, -0.1) is 0 Å². The topological polar surface area (TPSA) is 125 Å². The maximum absolute atomic E-state index is 11.8. The fourth-order valence-corrected chi connectivity index (χ4v) is 2.37. The van der Waals surface area contributed by atoms with Crippen LogP contribution in [0, 0.1) is 0 Å². The zero-order chi connectivity index (χ0) is 17.7. The van der Waals surface area contributed by atoms with Crippen molar-refractivity contribution in [3.05, 3.63) is 24.3 Å². The molecule has 2 aromatic rings. The van der Waals surface area contributed by atoms with Crippen molar-refractivity contribution < 1.29 is 30.0 Å². The second kappa shape index (κ2) is 7.58. The lowest BCUT2D eigenvalue weighted by molar-refractivity contribution is -0.121. The molecule has 0 saturated heterocycles. The van der Waals surface area contributed by atoms with Crippen molar-refractivity contribution in [2.24, 2.45) is 0 Å². The number of carbonyl (C=O) groups is 2. The Morgan fingerprint density at radius 3 is 1.25 bits per heavy atom. The number of hydrogen-bond donors (Lipinski definition) is 4. The number of aromatic hydroxyl groups is 4. The highest BCUT2D eigenvalue weighted by molar-refractivity contribution is 5.79. The molecule has 0 aromatic carbocycles. The molecule has 0 aliphatic heterocycles. The number of hydrogen-bond acceptors (Lipinski definition) is 6. The summed E-state index contributed by atoms with van der Waals surface area (Å²) in [6.45, 7) is -0.243. The summed E-state index contributed by atoms with van der Waals surface area (Å²) >= 11 is 0. The van der Waals surface area contributed by atoms with Gasteiger partial charge in [-0.3, -0.25) is 18.7 Å². The lowest BCUT2D eigenvalue weighted by Crippen LogP contribution is -2.11. The van der Waals surface area contributed by atoms with E-state index in [1.165, 1.54) is 24.3 Å². The Balaban J connectivity index is 1.69. The Morgan fingerprint density at radius 1 is 0.667 bits per heavy atom. The van der Waals surface area contributed by atoms with E-state index in [0.29, 0.717) is 12.8 Å². The summed E-state index contributed by atoms with van der Waals surface area (Å²) in [6.07, 6.45) is 1.45. The van der Waals surface area contributed by atoms with Crippen molar-refractivity contribution in [3.63, 3.8) is 0 Å². The molecule has 0 saturated carbocycles. The Morgan fingerprint density at radius 2 is 0.958 bits per heavy atom. The summed E-state index contributed by atoms with van der Waals surface area (Å²) in [5.74, 6) is -1.04. The van der Waals surface area contributed by atoms with E-state index in [-0.39, 0.29) is 61.0 Å². The van der Waals surface area contributed by atoms with Crippen LogP contribution in [0.2, 0.25) is 0 Å². The SMILES string of the molecule is O=C(CCCCC(=O)Cn1c(O)ccc1O)Cn1c(O)ccc1O. The van der Waals surface area contributed by atoms with E-state index in [9.17, 15) is 30.0 Å². The molecule has 0 radical (unpaired) electrons. The van der Waals surface area contributed by atoms with Crippen molar-refractivity contribution in [1.29, 1.82) is 0 Å². The summed E-state index contributed by atoms with van der Waals surface area (Å²) in [4.78, 5) is 23.6. The third-order valence-electron chi connectivity index (χ3n) is 3.70. The predicted octanol–water partition coefficient (Wildman–Crippen LogP) is 1.51. The molecule has 8 nitrogen and oxygen atoms in total. The van der Waals surface area contributed by atoms with Gasteiger partial charge in [-0.05, 0) is 12.8 Å². The van der Waals surface area contributed by atoms with Crippen LogP contribution in [0.3, 0.4) is 0 Å². The van der Waals surface area contributed by atoms with Gasteiger partial charge in [-0.2, -0.15) is 0 Å². The van der Waals surface area contributed by atoms with Crippen LogP contribution in [0.1, 0.15) is 25.7 Å². The average molecular weight is 336 g/mol. The van der Waals surface area contributed by atoms with Crippen LogP contribution >= 0.6 is 0 Å². The highest BCUT2D eigenvalue weighted by Gasteiger charge is 2.12. The number of carbonyl (C=O) groups excluding carboxylic acids is 2. The number of nitrogens with zero attached hydrogens (tertiary/aromatic N) is 2. The zero-order valence-electron chi connectivity index (χ0n) is 13.1. The monoisotopic (exact) mass is 336 g/mol. The first-order chi connectivity index (χ1) is 11.4. The van der Waals surface area contributed by atoms with E-state index in [4.69, 9.17) is 0 Å². The normalized spacial score (nSPS) is 10.8. The first kappa shape index (κ1) is 17.5. The van der Waals surface area contributed by atoms with Crippen molar-refractivity contribution in [2.45, 2.75) is 38.8 Å². The minimum atomic E-state index is -0.178. The lowest BCUT2D eigenvalue weighted by atomic mass is 10.1. The molecule has 8 heteroatoms. The molecule has 0 unspecified atom stereocenters. The molecule has 0 bridgehead atoms. The summed E-state index contributed by atoms with van der Waals surface area (Å²) < 4.78 is 2.20. The van der Waals surface area contributed by atoms with Crippen LogP contribution in [0.15, 0.2) is 24.3 Å². The number of ketones is 2. The van der Waals surface area contributed by atoms with Crippen LogP contribution in [0.5, 0.6) is 23.5 Å². The number of rotatable bonds is 9. The lowest BCUT2D eigenvalue weighted by Gasteiger charge is -2.07. The van der Waals surface area contributed by atoms with Crippen LogP contribution in [0.4, 0.5) is 0 Å². The fraction of sp³-hybridized carbons (Fsp3) is 0.375. The fourth-order valence-electron chi connectivity index (χ4n) is 2.37. The van der Waals surface area contributed by atoms with Gasteiger partial charge < -0.3 is 20.4 Å². The Kier molecular flexibility index (Phi) is 5.51. The first-order valence-corrected chi connectivity index (χ1v) is 7.57. The molecule has 2 aromatic heterocycles. The van der Waals surface area contributed by atoms with Crippen molar-refractivity contribution >= 4 is 11.6 Å². The van der Waals surface area contributed by atoms with Crippen LogP contribution < -0.4 is 0 Å². The van der Waals surface area contributed by atoms with Crippen LogP contribution in [-0.4, -0.2) is 41.1 Å². The average Bonchev–Trinajstić information content (AvgIpc) is 3.01. The maximum atomic E-state index is 11.8. The van der Waals surface area contributed by atoms with Crippen LogP contribution in [0.25, 0.3) is 0 Å². The molecule has 0 amide bonds. The third-order valence-corrected chi connectivity index (χ3v) is 3.70. The molecular formula is C16H20N2O6. The van der Waals surface area contributed by atoms with Gasteiger partial charge in [0.1, 0.15) is 0 Å². The Bertz CT molecular complexity index is 630. The van der Waals surface area contributed by atoms with E-state index in [0.717, 1.165) is 9.13 Å². The van der Waals surface area contributed by atoms with Gasteiger partial charge in [0.15, 0.2) is 35.1 Å². The van der Waals surface area contributed by atoms with Crippen LogP contribution in [-0.2, 0) is 22.7 Å². The summed E-state index contributed by atoms with van der Waals surface area (Å²) in [7, 11) is 0. The third kappa shape index (κ3) is 4.31. The molecule has 0 atom stereocenters. The Hall–Kier alpha value is -2.90. The summed E-state index contributed by atoms with van der Waals surface area (Å²) in [5.41, 5.74) is 0. The maximum Gasteiger partial charge on any atom is 0.194 e. The number of aromatic nitrogens is 2. The molecule has 130 valence electrons. The molecule has 2 rings (SSSR count). The van der Waals surface area contributed by atoms with Gasteiger partial charge in [0.2, 0.25) is 0 Å². The smallest absolute Gasteiger partial charge is 0.194 e. The van der Waals surface area contributed by atoms with Gasteiger partial charge in [-0.25, -0.2) is 0 Å². The van der Waals surface area contributed by atoms with E-state index in [1.54, 1.807) is 0 Å². The number of unbranched alkanes of at least 4 members (excludes halogenated alkanes) is 1. The van der Waals surface area contributed by atoms with Crippen molar-refractivity contribution in [2.75, 3.05) is 0 Å². The molecule has 24 heavy (non-hydrogen) atoms. The summed E-state index contributed by atoms with van der Waals surface area (Å²) in [5, 5.41) is 37.8. The predicted molar refractivity (Wildman–Crippen MR) is 84.0 cm³/mol. The van der Waals surface area contributed by atoms with Gasteiger partial charge >= 0.3 is 0 Å².